The summed E-state index contributed by atoms with van der Waals surface area (Å²) in [5.74, 6) is 0.638. The van der Waals surface area contributed by atoms with Crippen LogP contribution in [-0.4, -0.2) is 38.9 Å². The van der Waals surface area contributed by atoms with E-state index in [-0.39, 0.29) is 23.3 Å². The van der Waals surface area contributed by atoms with Gasteiger partial charge in [0.25, 0.3) is 0 Å². The minimum atomic E-state index is -2.83. The van der Waals surface area contributed by atoms with Gasteiger partial charge in [-0.25, -0.2) is 8.42 Å². The Hall–Kier alpha value is -0.620. The molecule has 1 fully saturated rings. The van der Waals surface area contributed by atoms with Crippen molar-refractivity contribution in [3.8, 4) is 0 Å². The fraction of sp³-hybridized carbons (Fsp3) is 0.917. The van der Waals surface area contributed by atoms with Gasteiger partial charge in [0.2, 0.25) is 5.91 Å². The minimum absolute atomic E-state index is 0.0343. The van der Waals surface area contributed by atoms with Crippen molar-refractivity contribution in [1.29, 1.82) is 0 Å². The second kappa shape index (κ2) is 7.74. The summed E-state index contributed by atoms with van der Waals surface area (Å²) < 4.78 is 22.5. The molecule has 5 nitrogen and oxygen atoms in total. The molecule has 0 spiro atoms. The molecule has 1 amide bonds. The molecule has 1 aliphatic heterocycles. The molecule has 0 aromatic rings. The summed E-state index contributed by atoms with van der Waals surface area (Å²) in [6, 6.07) is 0. The van der Waals surface area contributed by atoms with Crippen LogP contribution in [0, 0.1) is 5.92 Å². The van der Waals surface area contributed by atoms with Crippen molar-refractivity contribution in [2.45, 2.75) is 38.5 Å². The fourth-order valence-corrected chi connectivity index (χ4v) is 4.02. The third-order valence-electron chi connectivity index (χ3n) is 3.27. The molecule has 1 atom stereocenters. The predicted molar refractivity (Wildman–Crippen MR) is 71.9 cm³/mol. The zero-order valence-corrected chi connectivity index (χ0v) is 11.7. The lowest BCUT2D eigenvalue weighted by Crippen LogP contribution is -2.29. The predicted octanol–water partition coefficient (Wildman–Crippen LogP) is 0.447. The van der Waals surface area contributed by atoms with Crippen molar-refractivity contribution in [2.75, 3.05) is 24.6 Å². The first-order valence-electron chi connectivity index (χ1n) is 6.70. The van der Waals surface area contributed by atoms with Crippen LogP contribution in [0.5, 0.6) is 0 Å². The molecule has 0 aliphatic carbocycles. The van der Waals surface area contributed by atoms with Gasteiger partial charge in [0.05, 0.1) is 11.5 Å². The largest absolute Gasteiger partial charge is 0.356 e. The number of carbonyl (C=O) groups is 1. The van der Waals surface area contributed by atoms with Crippen LogP contribution >= 0.6 is 0 Å². The summed E-state index contributed by atoms with van der Waals surface area (Å²) in [4.78, 5) is 11.5. The van der Waals surface area contributed by atoms with Crippen molar-refractivity contribution >= 4 is 15.7 Å². The lowest BCUT2D eigenvalue weighted by Gasteiger charge is -2.09. The summed E-state index contributed by atoms with van der Waals surface area (Å²) in [6.07, 6.45) is 5.21. The molecular weight excluding hydrogens is 252 g/mol. The minimum Gasteiger partial charge on any atom is -0.356 e. The van der Waals surface area contributed by atoms with Gasteiger partial charge < -0.3 is 11.1 Å². The average molecular weight is 276 g/mol. The van der Waals surface area contributed by atoms with E-state index in [2.05, 4.69) is 5.32 Å². The molecule has 0 bridgehead atoms. The zero-order chi connectivity index (χ0) is 13.4. The molecule has 106 valence electrons. The molecule has 1 rings (SSSR count). The van der Waals surface area contributed by atoms with Gasteiger partial charge in [-0.2, -0.15) is 0 Å². The molecule has 1 unspecified atom stereocenters. The number of unbranched alkanes of at least 4 members (excludes halogenated alkanes) is 3. The maximum atomic E-state index is 11.5. The van der Waals surface area contributed by atoms with Gasteiger partial charge in [-0.3, -0.25) is 4.79 Å². The summed E-state index contributed by atoms with van der Waals surface area (Å²) in [7, 11) is -2.83. The first-order chi connectivity index (χ1) is 8.53. The Labute approximate surface area is 109 Å². The van der Waals surface area contributed by atoms with E-state index in [0.717, 1.165) is 25.7 Å². The van der Waals surface area contributed by atoms with Crippen molar-refractivity contribution < 1.29 is 13.2 Å². The Balaban J connectivity index is 2.04. The molecule has 0 radical (unpaired) electrons. The fourth-order valence-electron chi connectivity index (χ4n) is 2.16. The maximum Gasteiger partial charge on any atom is 0.220 e. The number of amides is 1. The van der Waals surface area contributed by atoms with Gasteiger partial charge in [-0.1, -0.05) is 12.8 Å². The smallest absolute Gasteiger partial charge is 0.220 e. The molecule has 0 aromatic heterocycles. The van der Waals surface area contributed by atoms with Crippen molar-refractivity contribution in [3.63, 3.8) is 0 Å². The zero-order valence-electron chi connectivity index (χ0n) is 10.9. The molecule has 0 saturated carbocycles. The summed E-state index contributed by atoms with van der Waals surface area (Å²) in [5, 5.41) is 2.83. The first kappa shape index (κ1) is 15.4. The Morgan fingerprint density at radius 1 is 1.22 bits per heavy atom. The van der Waals surface area contributed by atoms with Crippen molar-refractivity contribution in [1.82, 2.24) is 5.32 Å². The van der Waals surface area contributed by atoms with Crippen LogP contribution < -0.4 is 11.1 Å². The van der Waals surface area contributed by atoms with Gasteiger partial charge in [0, 0.05) is 13.0 Å². The number of sulfone groups is 1. The number of rotatable bonds is 8. The quantitative estimate of drug-likeness (QED) is 0.630. The van der Waals surface area contributed by atoms with Gasteiger partial charge in [-0.05, 0) is 31.7 Å². The van der Waals surface area contributed by atoms with Gasteiger partial charge in [0.1, 0.15) is 0 Å². The Morgan fingerprint density at radius 3 is 2.56 bits per heavy atom. The van der Waals surface area contributed by atoms with E-state index in [9.17, 15) is 13.2 Å². The van der Waals surface area contributed by atoms with Crippen LogP contribution in [0.3, 0.4) is 0 Å². The van der Waals surface area contributed by atoms with Crippen LogP contribution in [0.25, 0.3) is 0 Å². The molecule has 1 heterocycles. The molecule has 1 aliphatic rings. The van der Waals surface area contributed by atoms with Crippen LogP contribution in [0.1, 0.15) is 38.5 Å². The molecule has 3 N–H and O–H groups in total. The Morgan fingerprint density at radius 2 is 1.94 bits per heavy atom. The second-order valence-electron chi connectivity index (χ2n) is 5.03. The molecule has 1 saturated heterocycles. The maximum absolute atomic E-state index is 11.5. The van der Waals surface area contributed by atoms with Crippen LogP contribution in [0.4, 0.5) is 0 Å². The van der Waals surface area contributed by atoms with Gasteiger partial charge in [-0.15, -0.1) is 0 Å². The SMILES string of the molecule is NCCCCCCC(=O)NCC1CCS(=O)(=O)C1. The number of hydrogen-bond donors (Lipinski definition) is 2. The third kappa shape index (κ3) is 6.35. The molecule has 18 heavy (non-hydrogen) atoms. The highest BCUT2D eigenvalue weighted by molar-refractivity contribution is 7.91. The van der Waals surface area contributed by atoms with E-state index in [1.807, 2.05) is 0 Å². The highest BCUT2D eigenvalue weighted by Crippen LogP contribution is 2.17. The van der Waals surface area contributed by atoms with Gasteiger partial charge in [0.15, 0.2) is 9.84 Å². The molecule has 6 heteroatoms. The second-order valence-corrected chi connectivity index (χ2v) is 7.25. The number of carbonyl (C=O) groups excluding carboxylic acids is 1. The molecular formula is C12H24N2O3S. The summed E-state index contributed by atoms with van der Waals surface area (Å²) in [5.41, 5.74) is 5.38. The number of hydrogen-bond acceptors (Lipinski definition) is 4. The number of nitrogens with one attached hydrogen (secondary N) is 1. The average Bonchev–Trinajstić information content (AvgIpc) is 2.66. The van der Waals surface area contributed by atoms with Crippen LogP contribution in [0.15, 0.2) is 0 Å². The van der Waals surface area contributed by atoms with Gasteiger partial charge >= 0.3 is 0 Å². The van der Waals surface area contributed by atoms with E-state index < -0.39 is 9.84 Å². The standard InChI is InChI=1S/C12H24N2O3S/c13-7-4-2-1-3-5-12(15)14-9-11-6-8-18(16,17)10-11/h11H,1-10,13H2,(H,14,15). The van der Waals surface area contributed by atoms with E-state index in [1.165, 1.54) is 0 Å². The van der Waals surface area contributed by atoms with Crippen molar-refractivity contribution in [3.05, 3.63) is 0 Å². The number of nitrogens with two attached hydrogens (primary N) is 1. The van der Waals surface area contributed by atoms with E-state index in [4.69, 9.17) is 5.73 Å². The van der Waals surface area contributed by atoms with Crippen molar-refractivity contribution in [2.24, 2.45) is 11.7 Å². The molecule has 0 aromatic carbocycles. The lowest BCUT2D eigenvalue weighted by atomic mass is 10.1. The van der Waals surface area contributed by atoms with E-state index >= 15 is 0 Å². The van der Waals surface area contributed by atoms with E-state index in [0.29, 0.717) is 25.9 Å². The highest BCUT2D eigenvalue weighted by atomic mass is 32.2. The summed E-state index contributed by atoms with van der Waals surface area (Å²) in [6.45, 7) is 1.21. The Bertz CT molecular complexity index is 354. The monoisotopic (exact) mass is 276 g/mol. The third-order valence-corrected chi connectivity index (χ3v) is 5.11. The summed E-state index contributed by atoms with van der Waals surface area (Å²) >= 11 is 0. The normalized spacial score (nSPS) is 21.9. The topological polar surface area (TPSA) is 89.3 Å². The van der Waals surface area contributed by atoms with E-state index in [1.54, 1.807) is 0 Å². The van der Waals surface area contributed by atoms with Crippen LogP contribution in [-0.2, 0) is 14.6 Å². The van der Waals surface area contributed by atoms with Crippen LogP contribution in [0.2, 0.25) is 0 Å². The lowest BCUT2D eigenvalue weighted by molar-refractivity contribution is -0.121. The highest BCUT2D eigenvalue weighted by Gasteiger charge is 2.27. The Kier molecular flexibility index (Phi) is 6.63. The first-order valence-corrected chi connectivity index (χ1v) is 8.53.